The van der Waals surface area contributed by atoms with Gasteiger partial charge in [-0.3, -0.25) is 9.78 Å². The van der Waals surface area contributed by atoms with Crippen LogP contribution in [0.25, 0.3) is 11.3 Å². The first-order valence-corrected chi connectivity index (χ1v) is 6.36. The Labute approximate surface area is 128 Å². The molecule has 0 atom stereocenters. The number of aliphatic carboxylic acids is 1. The maximum atomic E-state index is 12.2. The first-order chi connectivity index (χ1) is 10.2. The summed E-state index contributed by atoms with van der Waals surface area (Å²) in [6.45, 7) is 0. The highest BCUT2D eigenvalue weighted by Gasteiger charge is 2.31. The van der Waals surface area contributed by atoms with Crippen molar-refractivity contribution < 1.29 is 27.8 Å². The number of rotatable bonds is 4. The fourth-order valence-electron chi connectivity index (χ4n) is 1.76. The van der Waals surface area contributed by atoms with Crippen molar-refractivity contribution in [2.24, 2.45) is 0 Å². The van der Waals surface area contributed by atoms with Gasteiger partial charge < -0.3 is 9.84 Å². The number of halogens is 4. The lowest BCUT2D eigenvalue weighted by Gasteiger charge is -2.10. The molecule has 0 unspecified atom stereocenters. The Balaban J connectivity index is 2.35. The topological polar surface area (TPSA) is 59.4 Å². The Bertz CT molecular complexity index is 704. The highest BCUT2D eigenvalue weighted by atomic mass is 35.5. The second kappa shape index (κ2) is 6.23. The monoisotopic (exact) mass is 331 g/mol. The lowest BCUT2D eigenvalue weighted by molar-refractivity contribution is -0.274. The number of aromatic nitrogens is 1. The number of hydrogen-bond donors (Lipinski definition) is 1. The maximum absolute atomic E-state index is 12.2. The van der Waals surface area contributed by atoms with E-state index in [-0.39, 0.29) is 22.9 Å². The van der Waals surface area contributed by atoms with Crippen molar-refractivity contribution in [1.82, 2.24) is 4.98 Å². The van der Waals surface area contributed by atoms with Crippen LogP contribution in [-0.4, -0.2) is 22.4 Å². The van der Waals surface area contributed by atoms with Crippen LogP contribution in [0.2, 0.25) is 5.02 Å². The van der Waals surface area contributed by atoms with Crippen LogP contribution in [0.15, 0.2) is 36.4 Å². The summed E-state index contributed by atoms with van der Waals surface area (Å²) in [5.74, 6) is -1.50. The summed E-state index contributed by atoms with van der Waals surface area (Å²) in [4.78, 5) is 14.8. The number of pyridine rings is 1. The molecule has 1 heterocycles. The van der Waals surface area contributed by atoms with Crippen LogP contribution in [0.1, 0.15) is 5.69 Å². The van der Waals surface area contributed by atoms with Gasteiger partial charge in [0.1, 0.15) is 5.75 Å². The third kappa shape index (κ3) is 4.36. The van der Waals surface area contributed by atoms with Gasteiger partial charge in [-0.05, 0) is 24.3 Å². The summed E-state index contributed by atoms with van der Waals surface area (Å²) in [7, 11) is 0. The molecular formula is C14H9ClF3NO3. The first-order valence-electron chi connectivity index (χ1n) is 5.98. The minimum Gasteiger partial charge on any atom is -0.481 e. The van der Waals surface area contributed by atoms with Crippen LogP contribution in [-0.2, 0) is 11.2 Å². The summed E-state index contributed by atoms with van der Waals surface area (Å²) in [5.41, 5.74) is 0.784. The van der Waals surface area contributed by atoms with Crippen LogP contribution >= 0.6 is 11.6 Å². The van der Waals surface area contributed by atoms with Crippen LogP contribution in [0, 0.1) is 0 Å². The number of hydrogen-bond acceptors (Lipinski definition) is 3. The molecule has 0 aliphatic rings. The smallest absolute Gasteiger partial charge is 0.481 e. The summed E-state index contributed by atoms with van der Waals surface area (Å²) >= 11 is 5.85. The molecule has 22 heavy (non-hydrogen) atoms. The van der Waals surface area contributed by atoms with E-state index in [1.807, 2.05) is 0 Å². The second-order valence-electron chi connectivity index (χ2n) is 4.27. The summed E-state index contributed by atoms with van der Waals surface area (Å²) in [5, 5.41) is 8.96. The summed E-state index contributed by atoms with van der Waals surface area (Å²) in [6, 6.07) is 8.16. The molecule has 0 aliphatic heterocycles. The zero-order valence-corrected chi connectivity index (χ0v) is 11.6. The van der Waals surface area contributed by atoms with Gasteiger partial charge in [0, 0.05) is 5.56 Å². The highest BCUT2D eigenvalue weighted by Crippen LogP contribution is 2.28. The molecule has 1 N–H and O–H groups in total. The molecule has 0 bridgehead atoms. The standard InChI is InChI=1S/C14H9ClF3NO3/c15-10-4-5-11(19-12(10)7-13(20)21)8-2-1-3-9(6-8)22-14(16,17)18/h1-6H,7H2,(H,20,21). The molecule has 1 aromatic carbocycles. The van der Waals surface area contributed by atoms with Crippen molar-refractivity contribution in [3.8, 4) is 17.0 Å². The molecule has 0 radical (unpaired) electrons. The molecule has 0 spiro atoms. The molecule has 2 rings (SSSR count). The van der Waals surface area contributed by atoms with Crippen LogP contribution < -0.4 is 4.74 Å². The van der Waals surface area contributed by atoms with E-state index in [0.29, 0.717) is 11.3 Å². The summed E-state index contributed by atoms with van der Waals surface area (Å²) in [6.07, 6.45) is -5.17. The minimum atomic E-state index is -4.79. The molecule has 0 amide bonds. The van der Waals surface area contributed by atoms with E-state index in [2.05, 4.69) is 9.72 Å². The zero-order chi connectivity index (χ0) is 16.3. The van der Waals surface area contributed by atoms with E-state index in [4.69, 9.17) is 16.7 Å². The SMILES string of the molecule is O=C(O)Cc1nc(-c2cccc(OC(F)(F)F)c2)ccc1Cl. The van der Waals surface area contributed by atoms with E-state index < -0.39 is 12.3 Å². The van der Waals surface area contributed by atoms with Crippen molar-refractivity contribution >= 4 is 17.6 Å². The highest BCUT2D eigenvalue weighted by molar-refractivity contribution is 6.31. The molecule has 8 heteroatoms. The molecular weight excluding hydrogens is 323 g/mol. The van der Waals surface area contributed by atoms with Crippen molar-refractivity contribution in [2.75, 3.05) is 0 Å². The third-order valence-electron chi connectivity index (χ3n) is 2.60. The van der Waals surface area contributed by atoms with Crippen molar-refractivity contribution in [3.63, 3.8) is 0 Å². The predicted octanol–water partition coefficient (Wildman–Crippen LogP) is 3.93. The van der Waals surface area contributed by atoms with Gasteiger partial charge in [0.2, 0.25) is 0 Å². The van der Waals surface area contributed by atoms with Gasteiger partial charge >= 0.3 is 12.3 Å². The first kappa shape index (κ1) is 16.1. The van der Waals surface area contributed by atoms with E-state index >= 15 is 0 Å². The van der Waals surface area contributed by atoms with Crippen molar-refractivity contribution in [2.45, 2.75) is 12.8 Å². The fourth-order valence-corrected chi connectivity index (χ4v) is 1.94. The Morgan fingerprint density at radius 1 is 1.27 bits per heavy atom. The Morgan fingerprint density at radius 2 is 2.00 bits per heavy atom. The fraction of sp³-hybridized carbons (Fsp3) is 0.143. The zero-order valence-electron chi connectivity index (χ0n) is 10.9. The number of benzene rings is 1. The lowest BCUT2D eigenvalue weighted by Crippen LogP contribution is -2.17. The third-order valence-corrected chi connectivity index (χ3v) is 2.94. The van der Waals surface area contributed by atoms with E-state index in [1.54, 1.807) is 0 Å². The van der Waals surface area contributed by atoms with Gasteiger partial charge in [0.15, 0.2) is 0 Å². The van der Waals surface area contributed by atoms with Gasteiger partial charge in [-0.25, -0.2) is 0 Å². The number of carboxylic acids is 1. The number of carbonyl (C=O) groups is 1. The number of nitrogens with zero attached hydrogens (tertiary/aromatic N) is 1. The molecule has 0 fully saturated rings. The largest absolute Gasteiger partial charge is 0.573 e. The van der Waals surface area contributed by atoms with Crippen LogP contribution in [0.3, 0.4) is 0 Å². The molecule has 0 saturated carbocycles. The van der Waals surface area contributed by atoms with Crippen molar-refractivity contribution in [3.05, 3.63) is 47.1 Å². The van der Waals surface area contributed by atoms with E-state index in [9.17, 15) is 18.0 Å². The van der Waals surface area contributed by atoms with Gasteiger partial charge in [0.25, 0.3) is 0 Å². The maximum Gasteiger partial charge on any atom is 0.573 e. The normalized spacial score (nSPS) is 11.3. The molecule has 2 aromatic rings. The molecule has 1 aromatic heterocycles. The average Bonchev–Trinajstić information content (AvgIpc) is 2.39. The van der Waals surface area contributed by atoms with Gasteiger partial charge in [0.05, 0.1) is 22.8 Å². The van der Waals surface area contributed by atoms with Gasteiger partial charge in [-0.2, -0.15) is 0 Å². The van der Waals surface area contributed by atoms with Crippen LogP contribution in [0.4, 0.5) is 13.2 Å². The molecule has 4 nitrogen and oxygen atoms in total. The Kier molecular flexibility index (Phi) is 4.56. The van der Waals surface area contributed by atoms with E-state index in [0.717, 1.165) is 12.1 Å². The number of ether oxygens (including phenoxy) is 1. The van der Waals surface area contributed by atoms with Crippen LogP contribution in [0.5, 0.6) is 5.75 Å². The van der Waals surface area contributed by atoms with Gasteiger partial charge in [-0.1, -0.05) is 23.7 Å². The number of carboxylic acid groups (broad SMARTS) is 1. The lowest BCUT2D eigenvalue weighted by atomic mass is 10.1. The minimum absolute atomic E-state index is 0.133. The Morgan fingerprint density at radius 3 is 2.64 bits per heavy atom. The molecule has 0 aliphatic carbocycles. The van der Waals surface area contributed by atoms with E-state index in [1.165, 1.54) is 24.3 Å². The quantitative estimate of drug-likeness (QED) is 0.922. The molecule has 116 valence electrons. The second-order valence-corrected chi connectivity index (χ2v) is 4.68. The summed E-state index contributed by atoms with van der Waals surface area (Å²) < 4.78 is 40.5. The predicted molar refractivity (Wildman–Crippen MR) is 72.7 cm³/mol. The van der Waals surface area contributed by atoms with Gasteiger partial charge in [-0.15, -0.1) is 13.2 Å². The Hall–Kier alpha value is -2.28. The number of alkyl halides is 3. The van der Waals surface area contributed by atoms with Crippen molar-refractivity contribution in [1.29, 1.82) is 0 Å². The molecule has 0 saturated heterocycles. The average molecular weight is 332 g/mol.